The van der Waals surface area contributed by atoms with Gasteiger partial charge in [-0.1, -0.05) is 30.1 Å². The van der Waals surface area contributed by atoms with Gasteiger partial charge in [0.15, 0.2) is 5.75 Å². The van der Waals surface area contributed by atoms with Crippen LogP contribution >= 0.6 is 23.2 Å². The minimum Gasteiger partial charge on any atom is -0.493 e. The number of hydrogen-bond donors (Lipinski definition) is 1. The lowest BCUT2D eigenvalue weighted by molar-refractivity contribution is 0.404. The van der Waals surface area contributed by atoms with Crippen LogP contribution in [0.3, 0.4) is 0 Å². The summed E-state index contributed by atoms with van der Waals surface area (Å²) in [7, 11) is 1.61. The predicted molar refractivity (Wildman–Crippen MR) is 81.6 cm³/mol. The Kier molecular flexibility index (Phi) is 4.91. The van der Waals surface area contributed by atoms with Gasteiger partial charge in [0.1, 0.15) is 5.69 Å². The van der Waals surface area contributed by atoms with E-state index in [2.05, 4.69) is 12.0 Å². The third-order valence-electron chi connectivity index (χ3n) is 3.04. The molecule has 2 aromatic rings. The average molecular weight is 314 g/mol. The van der Waals surface area contributed by atoms with Gasteiger partial charge >= 0.3 is 0 Å². The number of ether oxygens (including phenoxy) is 1. The van der Waals surface area contributed by atoms with Crippen molar-refractivity contribution in [2.75, 3.05) is 7.11 Å². The fraction of sp³-hybridized carbons (Fsp3) is 0.357. The molecule has 1 unspecified atom stereocenters. The Morgan fingerprint density at radius 2 is 1.95 bits per heavy atom. The van der Waals surface area contributed by atoms with Crippen molar-refractivity contribution in [2.45, 2.75) is 25.9 Å². The molecule has 2 N–H and O–H groups in total. The highest BCUT2D eigenvalue weighted by Crippen LogP contribution is 2.31. The van der Waals surface area contributed by atoms with Crippen molar-refractivity contribution in [3.63, 3.8) is 0 Å². The molecule has 0 aliphatic heterocycles. The van der Waals surface area contributed by atoms with E-state index in [0.29, 0.717) is 15.8 Å². The summed E-state index contributed by atoms with van der Waals surface area (Å²) in [6, 6.07) is 4.90. The lowest BCUT2D eigenvalue weighted by atomic mass is 10.0. The molecule has 108 valence electrons. The monoisotopic (exact) mass is 313 g/mol. The molecule has 0 amide bonds. The summed E-state index contributed by atoms with van der Waals surface area (Å²) < 4.78 is 7.21. The summed E-state index contributed by atoms with van der Waals surface area (Å²) in [5, 5.41) is 5.43. The number of halogens is 2. The largest absolute Gasteiger partial charge is 0.493 e. The molecule has 0 bridgehead atoms. The van der Waals surface area contributed by atoms with Crippen LogP contribution < -0.4 is 10.5 Å². The molecule has 4 nitrogen and oxygen atoms in total. The molecule has 2 rings (SSSR count). The lowest BCUT2D eigenvalue weighted by Crippen LogP contribution is -2.18. The van der Waals surface area contributed by atoms with E-state index in [1.807, 2.05) is 4.68 Å². The molecule has 0 saturated heterocycles. The van der Waals surface area contributed by atoms with E-state index in [0.717, 1.165) is 24.2 Å². The zero-order chi connectivity index (χ0) is 14.7. The fourth-order valence-corrected chi connectivity index (χ4v) is 2.69. The van der Waals surface area contributed by atoms with Gasteiger partial charge in [0.2, 0.25) is 0 Å². The first-order valence-corrected chi connectivity index (χ1v) is 7.13. The number of aromatic nitrogens is 2. The van der Waals surface area contributed by atoms with Crippen LogP contribution in [0.1, 0.15) is 30.6 Å². The Morgan fingerprint density at radius 1 is 1.30 bits per heavy atom. The van der Waals surface area contributed by atoms with Crippen LogP contribution in [0.15, 0.2) is 24.4 Å². The highest BCUT2D eigenvalue weighted by Gasteiger charge is 2.20. The molecule has 0 aliphatic rings. The predicted octanol–water partition coefficient (Wildman–Crippen LogP) is 3.66. The fourth-order valence-electron chi connectivity index (χ4n) is 2.15. The first kappa shape index (κ1) is 15.2. The molecule has 0 radical (unpaired) electrons. The number of nitrogens with zero attached hydrogens (tertiary/aromatic N) is 2. The Balaban J connectivity index is 2.45. The number of rotatable bonds is 5. The number of methoxy groups -OCH3 is 1. The van der Waals surface area contributed by atoms with Gasteiger partial charge in [-0.2, -0.15) is 5.10 Å². The van der Waals surface area contributed by atoms with E-state index in [1.54, 1.807) is 31.5 Å². The molecular weight excluding hydrogens is 297 g/mol. The highest BCUT2D eigenvalue weighted by atomic mass is 35.5. The summed E-state index contributed by atoms with van der Waals surface area (Å²) in [5.74, 6) is 0.669. The number of nitrogens with two attached hydrogens (primary N) is 1. The third kappa shape index (κ3) is 3.08. The number of benzene rings is 1. The third-order valence-corrected chi connectivity index (χ3v) is 3.48. The van der Waals surface area contributed by atoms with E-state index in [-0.39, 0.29) is 0 Å². The molecule has 0 saturated carbocycles. The van der Waals surface area contributed by atoms with Gasteiger partial charge in [0, 0.05) is 16.6 Å². The molecule has 6 heteroatoms. The van der Waals surface area contributed by atoms with E-state index in [9.17, 15) is 0 Å². The van der Waals surface area contributed by atoms with Crippen molar-refractivity contribution in [1.82, 2.24) is 9.78 Å². The topological polar surface area (TPSA) is 53.1 Å². The van der Waals surface area contributed by atoms with Crippen LogP contribution in [0.2, 0.25) is 10.0 Å². The Hall–Kier alpha value is -1.23. The van der Waals surface area contributed by atoms with E-state index in [1.165, 1.54) is 0 Å². The van der Waals surface area contributed by atoms with E-state index in [4.69, 9.17) is 33.7 Å². The maximum atomic E-state index is 6.35. The molecule has 0 spiro atoms. The van der Waals surface area contributed by atoms with Crippen LogP contribution in [0.25, 0.3) is 0 Å². The van der Waals surface area contributed by atoms with Crippen LogP contribution in [0.4, 0.5) is 0 Å². The second-order valence-electron chi connectivity index (χ2n) is 4.50. The van der Waals surface area contributed by atoms with Crippen molar-refractivity contribution in [1.29, 1.82) is 0 Å². The maximum absolute atomic E-state index is 6.35. The molecule has 0 aliphatic carbocycles. The summed E-state index contributed by atoms with van der Waals surface area (Å²) >= 11 is 12.1. The van der Waals surface area contributed by atoms with E-state index >= 15 is 0 Å². The SMILES string of the molecule is CCCn1ncc(OC)c1C(N)c1cc(Cl)cc(Cl)c1. The average Bonchev–Trinajstić information content (AvgIpc) is 2.80. The van der Waals surface area contributed by atoms with Crippen molar-refractivity contribution in [3.8, 4) is 5.75 Å². The lowest BCUT2D eigenvalue weighted by Gasteiger charge is -2.16. The second kappa shape index (κ2) is 6.48. The summed E-state index contributed by atoms with van der Waals surface area (Å²) in [5.41, 5.74) is 8.01. The molecule has 1 aromatic carbocycles. The van der Waals surface area contributed by atoms with Crippen molar-refractivity contribution in [2.24, 2.45) is 5.73 Å². The molecule has 1 atom stereocenters. The molecule has 1 heterocycles. The van der Waals surface area contributed by atoms with Crippen LogP contribution in [0.5, 0.6) is 5.75 Å². The van der Waals surface area contributed by atoms with Crippen molar-refractivity contribution >= 4 is 23.2 Å². The smallest absolute Gasteiger partial charge is 0.161 e. The molecule has 0 fully saturated rings. The van der Waals surface area contributed by atoms with Crippen LogP contribution in [-0.4, -0.2) is 16.9 Å². The normalized spacial score (nSPS) is 12.4. The van der Waals surface area contributed by atoms with E-state index < -0.39 is 6.04 Å². The Labute approximate surface area is 128 Å². The highest BCUT2D eigenvalue weighted by molar-refractivity contribution is 6.34. The van der Waals surface area contributed by atoms with Gasteiger partial charge in [-0.05, 0) is 30.2 Å². The zero-order valence-electron chi connectivity index (χ0n) is 11.4. The first-order chi connectivity index (χ1) is 9.56. The van der Waals surface area contributed by atoms with Gasteiger partial charge < -0.3 is 10.5 Å². The van der Waals surface area contributed by atoms with Crippen molar-refractivity contribution < 1.29 is 4.74 Å². The van der Waals surface area contributed by atoms with Crippen molar-refractivity contribution in [3.05, 3.63) is 45.7 Å². The Bertz CT molecular complexity index is 578. The Morgan fingerprint density at radius 3 is 2.50 bits per heavy atom. The van der Waals surface area contributed by atoms with Gasteiger partial charge in [-0.3, -0.25) is 4.68 Å². The van der Waals surface area contributed by atoms with Gasteiger partial charge in [0.25, 0.3) is 0 Å². The molecular formula is C14H17Cl2N3O. The van der Waals surface area contributed by atoms with Crippen LogP contribution in [0, 0.1) is 0 Å². The minimum absolute atomic E-state index is 0.393. The number of hydrogen-bond acceptors (Lipinski definition) is 3. The summed E-state index contributed by atoms with van der Waals surface area (Å²) in [6.45, 7) is 2.86. The first-order valence-electron chi connectivity index (χ1n) is 6.38. The van der Waals surface area contributed by atoms with Gasteiger partial charge in [-0.25, -0.2) is 0 Å². The summed E-state index contributed by atoms with van der Waals surface area (Å²) in [6.07, 6.45) is 2.64. The van der Waals surface area contributed by atoms with Gasteiger partial charge in [-0.15, -0.1) is 0 Å². The maximum Gasteiger partial charge on any atom is 0.161 e. The van der Waals surface area contributed by atoms with Crippen LogP contribution in [-0.2, 0) is 6.54 Å². The quantitative estimate of drug-likeness (QED) is 0.916. The standard InChI is InChI=1S/C14H17Cl2N3O/c1-3-4-19-14(12(20-2)8-18-19)13(17)9-5-10(15)7-11(16)6-9/h5-8,13H,3-4,17H2,1-2H3. The summed E-state index contributed by atoms with van der Waals surface area (Å²) in [4.78, 5) is 0. The zero-order valence-corrected chi connectivity index (χ0v) is 12.9. The number of aryl methyl sites for hydroxylation is 1. The molecule has 20 heavy (non-hydrogen) atoms. The second-order valence-corrected chi connectivity index (χ2v) is 5.37. The van der Waals surface area contributed by atoms with Gasteiger partial charge in [0.05, 0.1) is 19.3 Å². The molecule has 1 aromatic heterocycles. The minimum atomic E-state index is -0.393.